The molecule has 1 aliphatic heterocycles. The number of ketones is 1. The van der Waals surface area contributed by atoms with Crippen molar-refractivity contribution in [2.24, 2.45) is 0 Å². The van der Waals surface area contributed by atoms with E-state index in [2.05, 4.69) is 5.32 Å². The summed E-state index contributed by atoms with van der Waals surface area (Å²) >= 11 is 5.75. The van der Waals surface area contributed by atoms with Gasteiger partial charge in [0.15, 0.2) is 5.78 Å². The second-order valence-electron chi connectivity index (χ2n) is 6.39. The molecule has 2 rings (SSSR count). The lowest BCUT2D eigenvalue weighted by Crippen LogP contribution is -2.47. The van der Waals surface area contributed by atoms with E-state index in [9.17, 15) is 14.0 Å². The Balaban J connectivity index is 2.19. The number of carbonyl (C=O) groups excluding carboxylic acids is 2. The van der Waals surface area contributed by atoms with E-state index in [0.717, 1.165) is 0 Å². The lowest BCUT2D eigenvalue weighted by molar-refractivity contribution is -0.133. The molecule has 0 aromatic heterocycles. The van der Waals surface area contributed by atoms with Gasteiger partial charge in [0, 0.05) is 17.0 Å². The van der Waals surface area contributed by atoms with Crippen LogP contribution in [0, 0.1) is 5.82 Å². The number of amides is 1. The lowest BCUT2D eigenvalue weighted by atomic mass is 9.95. The van der Waals surface area contributed by atoms with Crippen LogP contribution in [0.5, 0.6) is 0 Å². The zero-order valence-corrected chi connectivity index (χ0v) is 13.9. The summed E-state index contributed by atoms with van der Waals surface area (Å²) in [6.07, 6.45) is -1.41. The molecule has 0 aliphatic carbocycles. The minimum absolute atomic E-state index is 0.0476. The van der Waals surface area contributed by atoms with Crippen molar-refractivity contribution < 1.29 is 23.5 Å². The van der Waals surface area contributed by atoms with E-state index in [-0.39, 0.29) is 29.4 Å². The summed E-state index contributed by atoms with van der Waals surface area (Å²) < 4.78 is 24.7. The quantitative estimate of drug-likeness (QED) is 0.893. The number of Topliss-reactive ketones (excluding diaryl/α,β-unsaturated/α-hetero) is 1. The summed E-state index contributed by atoms with van der Waals surface area (Å²) in [5.41, 5.74) is -0.437. The molecule has 0 saturated carbocycles. The highest BCUT2D eigenvalue weighted by Gasteiger charge is 2.35. The van der Waals surface area contributed by atoms with Crippen molar-refractivity contribution in [2.45, 2.75) is 44.9 Å². The first-order chi connectivity index (χ1) is 10.7. The van der Waals surface area contributed by atoms with Gasteiger partial charge in [-0.25, -0.2) is 9.18 Å². The molecule has 1 heterocycles. The highest BCUT2D eigenvalue weighted by molar-refractivity contribution is 6.30. The van der Waals surface area contributed by atoms with E-state index in [1.165, 1.54) is 18.2 Å². The van der Waals surface area contributed by atoms with Gasteiger partial charge in [0.25, 0.3) is 0 Å². The Morgan fingerprint density at radius 1 is 1.43 bits per heavy atom. The van der Waals surface area contributed by atoms with Crippen LogP contribution in [0.3, 0.4) is 0 Å². The zero-order chi connectivity index (χ0) is 17.2. The third-order valence-corrected chi connectivity index (χ3v) is 3.44. The van der Waals surface area contributed by atoms with E-state index in [0.29, 0.717) is 0 Å². The highest BCUT2D eigenvalue weighted by atomic mass is 35.5. The average molecular weight is 344 g/mol. The average Bonchev–Trinajstić information content (AvgIpc) is 2.37. The molecule has 1 aromatic carbocycles. The predicted octanol–water partition coefficient (Wildman–Crippen LogP) is 3.40. The second-order valence-corrected chi connectivity index (χ2v) is 6.83. The monoisotopic (exact) mass is 343 g/mol. The van der Waals surface area contributed by atoms with Gasteiger partial charge in [0.1, 0.15) is 24.1 Å². The van der Waals surface area contributed by atoms with Gasteiger partial charge >= 0.3 is 6.09 Å². The molecular formula is C16H19ClFNO4. The van der Waals surface area contributed by atoms with Gasteiger partial charge in [-0.2, -0.15) is 0 Å². The van der Waals surface area contributed by atoms with Crippen LogP contribution < -0.4 is 5.32 Å². The molecule has 1 saturated heterocycles. The maximum absolute atomic E-state index is 14.1. The van der Waals surface area contributed by atoms with Gasteiger partial charge in [-0.05, 0) is 32.9 Å². The number of hydrogen-bond donors (Lipinski definition) is 1. The molecule has 1 aromatic rings. The van der Waals surface area contributed by atoms with Crippen LogP contribution >= 0.6 is 11.6 Å². The molecule has 7 heteroatoms. The first-order valence-electron chi connectivity index (χ1n) is 7.23. The maximum atomic E-state index is 14.1. The fourth-order valence-corrected chi connectivity index (χ4v) is 2.49. The molecule has 1 aliphatic rings. The van der Waals surface area contributed by atoms with Crippen molar-refractivity contribution >= 4 is 23.5 Å². The minimum atomic E-state index is -0.780. The molecule has 2 atom stereocenters. The van der Waals surface area contributed by atoms with E-state index in [1.54, 1.807) is 20.8 Å². The molecule has 0 spiro atoms. The summed E-state index contributed by atoms with van der Waals surface area (Å²) in [4.78, 5) is 23.6. The molecule has 126 valence electrons. The fraction of sp³-hybridized carbons (Fsp3) is 0.500. The first-order valence-corrected chi connectivity index (χ1v) is 7.61. The van der Waals surface area contributed by atoms with Crippen molar-refractivity contribution in [1.29, 1.82) is 0 Å². The highest BCUT2D eigenvalue weighted by Crippen LogP contribution is 2.30. The summed E-state index contributed by atoms with van der Waals surface area (Å²) in [5, 5.41) is 2.85. The predicted molar refractivity (Wildman–Crippen MR) is 82.9 cm³/mol. The molecule has 23 heavy (non-hydrogen) atoms. The summed E-state index contributed by atoms with van der Waals surface area (Å²) in [5.74, 6) is -0.718. The number of benzene rings is 1. The Bertz CT molecular complexity index is 615. The Morgan fingerprint density at radius 2 is 2.13 bits per heavy atom. The molecule has 5 nitrogen and oxygen atoms in total. The first kappa shape index (κ1) is 17.7. The minimum Gasteiger partial charge on any atom is -0.444 e. The summed E-state index contributed by atoms with van der Waals surface area (Å²) in [6.45, 7) is 5.06. The number of hydrogen-bond acceptors (Lipinski definition) is 4. The van der Waals surface area contributed by atoms with Crippen LogP contribution in [-0.4, -0.2) is 30.1 Å². The lowest BCUT2D eigenvalue weighted by Gasteiger charge is -2.32. The summed E-state index contributed by atoms with van der Waals surface area (Å²) in [6, 6.07) is 3.48. The number of ether oxygens (including phenoxy) is 2. The molecule has 0 bridgehead atoms. The van der Waals surface area contributed by atoms with E-state index in [4.69, 9.17) is 21.1 Å². The van der Waals surface area contributed by atoms with Gasteiger partial charge in [0.05, 0.1) is 6.04 Å². The Labute approximate surface area is 139 Å². The Kier molecular flexibility index (Phi) is 5.26. The van der Waals surface area contributed by atoms with Crippen molar-refractivity contribution in [1.82, 2.24) is 5.32 Å². The van der Waals surface area contributed by atoms with Crippen LogP contribution in [0.4, 0.5) is 9.18 Å². The van der Waals surface area contributed by atoms with Crippen molar-refractivity contribution in [3.8, 4) is 0 Å². The topological polar surface area (TPSA) is 64.6 Å². The summed E-state index contributed by atoms with van der Waals surface area (Å²) in [7, 11) is 0. The molecule has 0 radical (unpaired) electrons. The number of halogens is 2. The molecule has 1 N–H and O–H groups in total. The van der Waals surface area contributed by atoms with Crippen LogP contribution in [0.1, 0.15) is 38.9 Å². The molecule has 1 amide bonds. The van der Waals surface area contributed by atoms with Gasteiger partial charge in [0.2, 0.25) is 0 Å². The maximum Gasteiger partial charge on any atom is 0.407 e. The molecular weight excluding hydrogens is 325 g/mol. The number of carbonyl (C=O) groups is 2. The number of nitrogens with one attached hydrogen (secondary N) is 1. The molecule has 0 unspecified atom stereocenters. The normalized spacial score (nSPS) is 21.9. The third-order valence-electron chi connectivity index (χ3n) is 3.21. The van der Waals surface area contributed by atoms with Crippen LogP contribution in [0.2, 0.25) is 5.02 Å². The smallest absolute Gasteiger partial charge is 0.407 e. The van der Waals surface area contributed by atoms with Gasteiger partial charge < -0.3 is 14.8 Å². The second kappa shape index (κ2) is 6.84. The van der Waals surface area contributed by atoms with E-state index >= 15 is 0 Å². The Hall–Kier alpha value is -1.66. The van der Waals surface area contributed by atoms with Crippen LogP contribution in [0.25, 0.3) is 0 Å². The molecule has 1 fully saturated rings. The fourth-order valence-electron chi connectivity index (χ4n) is 2.33. The standard InChI is InChI=1S/C16H19ClFNO4/c1-16(2,3)23-15(21)19-13-7-10(20)8-22-14(13)11-5-4-9(17)6-12(11)18/h4-6,13-14H,7-8H2,1-3H3,(H,19,21)/t13-,14+/m0/s1. The van der Waals surface area contributed by atoms with Crippen molar-refractivity contribution in [2.75, 3.05) is 6.61 Å². The number of alkyl carbamates (subject to hydrolysis) is 1. The third kappa shape index (κ3) is 4.91. The van der Waals surface area contributed by atoms with Crippen LogP contribution in [-0.2, 0) is 14.3 Å². The largest absolute Gasteiger partial charge is 0.444 e. The van der Waals surface area contributed by atoms with Crippen LogP contribution in [0.15, 0.2) is 18.2 Å². The van der Waals surface area contributed by atoms with Crippen molar-refractivity contribution in [3.63, 3.8) is 0 Å². The van der Waals surface area contributed by atoms with Gasteiger partial charge in [-0.1, -0.05) is 17.7 Å². The Morgan fingerprint density at radius 3 is 2.74 bits per heavy atom. The SMILES string of the molecule is CC(C)(C)OC(=O)N[C@H]1CC(=O)CO[C@@H]1c1ccc(Cl)cc1F. The van der Waals surface area contributed by atoms with Gasteiger partial charge in [-0.15, -0.1) is 0 Å². The number of rotatable bonds is 2. The zero-order valence-electron chi connectivity index (χ0n) is 13.2. The van der Waals surface area contributed by atoms with Gasteiger partial charge in [-0.3, -0.25) is 4.79 Å². The van der Waals surface area contributed by atoms with E-state index in [1.807, 2.05) is 0 Å². The van der Waals surface area contributed by atoms with E-state index < -0.39 is 29.7 Å². The van der Waals surface area contributed by atoms with Crippen molar-refractivity contribution in [3.05, 3.63) is 34.6 Å².